The van der Waals surface area contributed by atoms with Crippen molar-refractivity contribution in [2.75, 3.05) is 18.1 Å². The van der Waals surface area contributed by atoms with Crippen molar-refractivity contribution in [1.29, 1.82) is 0 Å². The molecule has 1 aliphatic heterocycles. The molecular formula is C16H23NO3S. The van der Waals surface area contributed by atoms with E-state index in [1.165, 1.54) is 19.3 Å². The van der Waals surface area contributed by atoms with Crippen LogP contribution in [0.4, 0.5) is 0 Å². The Hall–Kier alpha value is -0.710. The predicted molar refractivity (Wildman–Crippen MR) is 81.1 cm³/mol. The monoisotopic (exact) mass is 309 g/mol. The molecule has 0 spiro atoms. The Morgan fingerprint density at radius 3 is 2.14 bits per heavy atom. The third kappa shape index (κ3) is 2.19. The largest absolute Gasteiger partial charge is 0.480 e. The number of amides is 1. The second kappa shape index (κ2) is 4.90. The van der Waals surface area contributed by atoms with Crippen LogP contribution < -0.4 is 0 Å². The molecule has 116 valence electrons. The van der Waals surface area contributed by atoms with Gasteiger partial charge in [-0.15, -0.1) is 0 Å². The van der Waals surface area contributed by atoms with Gasteiger partial charge in [-0.2, -0.15) is 11.8 Å². The number of carbonyl (C=O) groups excluding carboxylic acids is 1. The molecule has 1 atom stereocenters. The van der Waals surface area contributed by atoms with Gasteiger partial charge in [0, 0.05) is 18.1 Å². The molecule has 21 heavy (non-hydrogen) atoms. The molecule has 4 nitrogen and oxygen atoms in total. The van der Waals surface area contributed by atoms with Crippen LogP contribution in [0, 0.1) is 23.2 Å². The topological polar surface area (TPSA) is 57.6 Å². The summed E-state index contributed by atoms with van der Waals surface area (Å²) in [5.41, 5.74) is -0.204. The SMILES string of the molecule is O=C(O)C1CSCCN1C(=O)C12CC3CC(CC(C3)C1)C2. The van der Waals surface area contributed by atoms with Crippen molar-refractivity contribution in [3.8, 4) is 0 Å². The highest BCUT2D eigenvalue weighted by Gasteiger charge is 2.56. The van der Waals surface area contributed by atoms with Crippen LogP contribution in [0.1, 0.15) is 38.5 Å². The van der Waals surface area contributed by atoms with Crippen molar-refractivity contribution >= 4 is 23.6 Å². The highest BCUT2D eigenvalue weighted by atomic mass is 32.2. The van der Waals surface area contributed by atoms with Gasteiger partial charge >= 0.3 is 5.97 Å². The molecule has 1 N–H and O–H groups in total. The maximum Gasteiger partial charge on any atom is 0.327 e. The number of carboxylic acids is 1. The molecule has 5 aliphatic rings. The van der Waals surface area contributed by atoms with Gasteiger partial charge in [0.15, 0.2) is 0 Å². The summed E-state index contributed by atoms with van der Waals surface area (Å²) in [5.74, 6) is 2.94. The predicted octanol–water partition coefficient (Wildman–Crippen LogP) is 2.23. The van der Waals surface area contributed by atoms with Crippen LogP contribution in [0.5, 0.6) is 0 Å². The Bertz CT molecular complexity index is 443. The molecule has 0 aromatic rings. The fraction of sp³-hybridized carbons (Fsp3) is 0.875. The first kappa shape index (κ1) is 13.9. The van der Waals surface area contributed by atoms with E-state index >= 15 is 0 Å². The summed E-state index contributed by atoms with van der Waals surface area (Å²) in [7, 11) is 0. The van der Waals surface area contributed by atoms with Gasteiger partial charge in [0.05, 0.1) is 5.41 Å². The lowest BCUT2D eigenvalue weighted by atomic mass is 9.49. The fourth-order valence-electron chi connectivity index (χ4n) is 5.73. The molecule has 5 heteroatoms. The summed E-state index contributed by atoms with van der Waals surface area (Å²) < 4.78 is 0. The van der Waals surface area contributed by atoms with E-state index in [4.69, 9.17) is 0 Å². The van der Waals surface area contributed by atoms with Gasteiger partial charge in [-0.05, 0) is 56.3 Å². The quantitative estimate of drug-likeness (QED) is 0.850. The van der Waals surface area contributed by atoms with Gasteiger partial charge in [0.1, 0.15) is 6.04 Å². The zero-order valence-electron chi connectivity index (χ0n) is 12.3. The number of rotatable bonds is 2. The number of nitrogens with zero attached hydrogens (tertiary/aromatic N) is 1. The summed E-state index contributed by atoms with van der Waals surface area (Å²) in [6, 6.07) is -0.607. The molecular weight excluding hydrogens is 286 g/mol. The molecule has 1 amide bonds. The number of carboxylic acid groups (broad SMARTS) is 1. The maximum atomic E-state index is 13.2. The molecule has 1 heterocycles. The van der Waals surface area contributed by atoms with Gasteiger partial charge in [-0.25, -0.2) is 4.79 Å². The smallest absolute Gasteiger partial charge is 0.327 e. The number of hydrogen-bond donors (Lipinski definition) is 1. The van der Waals surface area contributed by atoms with Crippen LogP contribution in [0.15, 0.2) is 0 Å². The van der Waals surface area contributed by atoms with E-state index in [2.05, 4.69) is 0 Å². The van der Waals surface area contributed by atoms with Crippen molar-refractivity contribution in [1.82, 2.24) is 4.90 Å². The van der Waals surface area contributed by atoms with Crippen LogP contribution in [0.25, 0.3) is 0 Å². The average molecular weight is 309 g/mol. The summed E-state index contributed by atoms with van der Waals surface area (Å²) in [4.78, 5) is 26.4. The third-order valence-corrected chi connectivity index (χ3v) is 7.19. The van der Waals surface area contributed by atoms with Gasteiger partial charge in [-0.1, -0.05) is 0 Å². The summed E-state index contributed by atoms with van der Waals surface area (Å²) in [5, 5.41) is 9.43. The van der Waals surface area contributed by atoms with Crippen LogP contribution in [0.3, 0.4) is 0 Å². The van der Waals surface area contributed by atoms with E-state index in [0.717, 1.165) is 42.8 Å². The van der Waals surface area contributed by atoms with E-state index in [1.807, 2.05) is 0 Å². The molecule has 4 saturated carbocycles. The second-order valence-electron chi connectivity index (χ2n) is 7.63. The van der Waals surface area contributed by atoms with Crippen molar-refractivity contribution in [2.45, 2.75) is 44.6 Å². The first-order valence-electron chi connectivity index (χ1n) is 8.19. The minimum absolute atomic E-state index is 0.175. The van der Waals surface area contributed by atoms with Crippen molar-refractivity contribution in [2.24, 2.45) is 23.2 Å². The van der Waals surface area contributed by atoms with Crippen molar-refractivity contribution < 1.29 is 14.7 Å². The zero-order chi connectivity index (χ0) is 14.6. The van der Waals surface area contributed by atoms with Crippen molar-refractivity contribution in [3.63, 3.8) is 0 Å². The van der Waals surface area contributed by atoms with Gasteiger partial charge in [0.25, 0.3) is 0 Å². The molecule has 4 aliphatic carbocycles. The summed E-state index contributed by atoms with van der Waals surface area (Å²) >= 11 is 1.65. The molecule has 4 bridgehead atoms. The van der Waals surface area contributed by atoms with E-state index in [1.54, 1.807) is 16.7 Å². The Morgan fingerprint density at radius 1 is 1.05 bits per heavy atom. The van der Waals surface area contributed by atoms with Gasteiger partial charge < -0.3 is 10.0 Å². The molecule has 1 unspecified atom stereocenters. The fourth-order valence-corrected chi connectivity index (χ4v) is 6.77. The highest BCUT2D eigenvalue weighted by Crippen LogP contribution is 2.60. The van der Waals surface area contributed by atoms with Gasteiger partial charge in [0.2, 0.25) is 5.91 Å². The Kier molecular flexibility index (Phi) is 3.25. The van der Waals surface area contributed by atoms with E-state index < -0.39 is 12.0 Å². The van der Waals surface area contributed by atoms with E-state index in [9.17, 15) is 14.7 Å². The number of aliphatic carboxylic acids is 1. The molecule has 5 rings (SSSR count). The standard InChI is InChI=1S/C16H23NO3S/c18-14(19)13-9-21-2-1-17(13)15(20)16-6-10-3-11(7-16)5-12(4-10)8-16/h10-13H,1-9H2,(H,18,19). The lowest BCUT2D eigenvalue weighted by Gasteiger charge is -2.57. The molecule has 1 saturated heterocycles. The summed E-state index contributed by atoms with van der Waals surface area (Å²) in [6.45, 7) is 0.613. The Labute approximate surface area is 129 Å². The average Bonchev–Trinajstić information content (AvgIpc) is 2.45. The van der Waals surface area contributed by atoms with Crippen LogP contribution >= 0.6 is 11.8 Å². The minimum atomic E-state index is -0.833. The van der Waals surface area contributed by atoms with Gasteiger partial charge in [-0.3, -0.25) is 4.79 Å². The molecule has 0 aromatic carbocycles. The van der Waals surface area contributed by atoms with Crippen molar-refractivity contribution in [3.05, 3.63) is 0 Å². The third-order valence-electron chi connectivity index (χ3n) is 6.17. The zero-order valence-corrected chi connectivity index (χ0v) is 13.1. The number of thioether (sulfide) groups is 1. The Morgan fingerprint density at radius 2 is 1.62 bits per heavy atom. The molecule has 5 fully saturated rings. The first-order valence-corrected chi connectivity index (χ1v) is 9.34. The first-order chi connectivity index (χ1) is 10.1. The van der Waals surface area contributed by atoms with Crippen LogP contribution in [-0.2, 0) is 9.59 Å². The van der Waals surface area contributed by atoms with Crippen LogP contribution in [-0.4, -0.2) is 46.0 Å². The maximum absolute atomic E-state index is 13.2. The van der Waals surface area contributed by atoms with E-state index in [-0.39, 0.29) is 11.3 Å². The Balaban J connectivity index is 1.60. The van der Waals surface area contributed by atoms with E-state index in [0.29, 0.717) is 12.3 Å². The lowest BCUT2D eigenvalue weighted by Crippen LogP contribution is -2.59. The minimum Gasteiger partial charge on any atom is -0.480 e. The second-order valence-corrected chi connectivity index (χ2v) is 8.78. The van der Waals surface area contributed by atoms with Crippen LogP contribution in [0.2, 0.25) is 0 Å². The summed E-state index contributed by atoms with van der Waals surface area (Å²) in [6.07, 6.45) is 7.00. The number of hydrogen-bond acceptors (Lipinski definition) is 3. The highest BCUT2D eigenvalue weighted by molar-refractivity contribution is 7.99. The number of carbonyl (C=O) groups is 2. The lowest BCUT2D eigenvalue weighted by molar-refractivity contribution is -0.164. The molecule has 0 radical (unpaired) electrons. The molecule has 0 aromatic heterocycles. The normalized spacial score (nSPS) is 44.9.